The maximum absolute atomic E-state index is 14.6. The third-order valence-corrected chi connectivity index (χ3v) is 6.20. The van der Waals surface area contributed by atoms with E-state index in [1.54, 1.807) is 4.68 Å². The topological polar surface area (TPSA) is 59.8 Å². The van der Waals surface area contributed by atoms with Crippen molar-refractivity contribution in [3.8, 4) is 17.3 Å². The summed E-state index contributed by atoms with van der Waals surface area (Å²) < 4.78 is 41.5. The molecule has 6 nitrogen and oxygen atoms in total. The lowest BCUT2D eigenvalue weighted by molar-refractivity contribution is 0.00300. The van der Waals surface area contributed by atoms with Gasteiger partial charge in [-0.15, -0.1) is 0 Å². The number of halogens is 2. The second kappa shape index (κ2) is 12.8. The van der Waals surface area contributed by atoms with Crippen LogP contribution in [0.25, 0.3) is 5.69 Å². The average Bonchev–Trinajstić information content (AvgIpc) is 3.21. The molecule has 1 unspecified atom stereocenters. The Morgan fingerprint density at radius 2 is 1.66 bits per heavy atom. The summed E-state index contributed by atoms with van der Waals surface area (Å²) in [5.41, 5.74) is 3.22. The lowest BCUT2D eigenvalue weighted by Crippen LogP contribution is -2.39. The molecule has 4 rings (SSSR count). The lowest BCUT2D eigenvalue weighted by Gasteiger charge is -2.29. The third-order valence-electron chi connectivity index (χ3n) is 6.20. The van der Waals surface area contributed by atoms with Crippen LogP contribution >= 0.6 is 0 Å². The highest BCUT2D eigenvalue weighted by atomic mass is 19.1. The first-order valence-corrected chi connectivity index (χ1v) is 12.6. The van der Waals surface area contributed by atoms with Crippen LogP contribution in [0, 0.1) is 18.6 Å². The molecule has 0 fully saturated rings. The summed E-state index contributed by atoms with van der Waals surface area (Å²) in [7, 11) is 0. The van der Waals surface area contributed by atoms with Gasteiger partial charge in [0.1, 0.15) is 5.82 Å². The molecule has 1 aromatic heterocycles. The summed E-state index contributed by atoms with van der Waals surface area (Å²) in [6.45, 7) is 7.29. The van der Waals surface area contributed by atoms with Gasteiger partial charge in [0.2, 0.25) is 5.88 Å². The Morgan fingerprint density at radius 1 is 0.974 bits per heavy atom. The molecule has 1 N–H and O–H groups in total. The van der Waals surface area contributed by atoms with Crippen LogP contribution in [0.15, 0.2) is 78.9 Å². The molecular formula is C30H33F2N3O3. The molecule has 1 atom stereocenters. The zero-order valence-electron chi connectivity index (χ0n) is 21.8. The molecule has 8 heteroatoms. The Morgan fingerprint density at radius 3 is 2.32 bits per heavy atom. The van der Waals surface area contributed by atoms with E-state index >= 15 is 0 Å². The highest BCUT2D eigenvalue weighted by Crippen LogP contribution is 2.33. The van der Waals surface area contributed by atoms with Crippen molar-refractivity contribution in [2.75, 3.05) is 13.2 Å². The SMILES string of the molecule is Cc1nn(-c2ccccc2)c(Oc2ccc(F)cc2F)c1CN(CC(O)COCc1ccccc1)C(C)C. The number of aliphatic hydroxyl groups excluding tert-OH is 1. The molecule has 38 heavy (non-hydrogen) atoms. The first kappa shape index (κ1) is 27.4. The summed E-state index contributed by atoms with van der Waals surface area (Å²) in [6, 6.07) is 22.5. The van der Waals surface area contributed by atoms with Gasteiger partial charge in [-0.25, -0.2) is 13.5 Å². The van der Waals surface area contributed by atoms with Gasteiger partial charge in [0.05, 0.1) is 36.3 Å². The van der Waals surface area contributed by atoms with E-state index in [1.807, 2.05) is 81.4 Å². The van der Waals surface area contributed by atoms with Crippen molar-refractivity contribution in [1.29, 1.82) is 0 Å². The fourth-order valence-electron chi connectivity index (χ4n) is 4.10. The van der Waals surface area contributed by atoms with Crippen LogP contribution in [0.2, 0.25) is 0 Å². The molecule has 0 aliphatic heterocycles. The molecule has 0 bridgehead atoms. The molecule has 0 aliphatic rings. The fraction of sp³-hybridized carbons (Fsp3) is 0.300. The van der Waals surface area contributed by atoms with Gasteiger partial charge in [-0.05, 0) is 50.6 Å². The Labute approximate surface area is 222 Å². The predicted molar refractivity (Wildman–Crippen MR) is 142 cm³/mol. The number of rotatable bonds is 12. The molecule has 1 heterocycles. The molecule has 0 saturated heterocycles. The van der Waals surface area contributed by atoms with Gasteiger partial charge < -0.3 is 14.6 Å². The zero-order valence-corrected chi connectivity index (χ0v) is 21.8. The summed E-state index contributed by atoms with van der Waals surface area (Å²) >= 11 is 0. The van der Waals surface area contributed by atoms with E-state index in [0.29, 0.717) is 31.3 Å². The monoisotopic (exact) mass is 521 g/mol. The number of nitrogens with zero attached hydrogens (tertiary/aromatic N) is 3. The standard InChI is InChI=1S/C30H33F2N3O3/c1-21(2)34(17-26(36)20-37-19-23-10-6-4-7-11-23)18-27-22(3)33-35(25-12-8-5-9-13-25)30(27)38-29-15-14-24(31)16-28(29)32/h4-16,21,26,36H,17-20H2,1-3H3. The smallest absolute Gasteiger partial charge is 0.227 e. The third kappa shape index (κ3) is 7.04. The minimum absolute atomic E-state index is 0.0775. The van der Waals surface area contributed by atoms with Gasteiger partial charge in [-0.2, -0.15) is 5.10 Å². The summed E-state index contributed by atoms with van der Waals surface area (Å²) in [6.07, 6.45) is -0.718. The number of ether oxygens (including phenoxy) is 2. The van der Waals surface area contributed by atoms with E-state index in [9.17, 15) is 13.9 Å². The number of aliphatic hydroxyl groups is 1. The molecular weight excluding hydrogens is 488 g/mol. The molecule has 0 spiro atoms. The molecule has 0 saturated carbocycles. The maximum atomic E-state index is 14.6. The van der Waals surface area contributed by atoms with E-state index in [2.05, 4.69) is 10.00 Å². The number of hydrogen-bond donors (Lipinski definition) is 1. The Kier molecular flexibility index (Phi) is 9.23. The van der Waals surface area contributed by atoms with Crippen molar-refractivity contribution in [3.05, 3.63) is 107 Å². The van der Waals surface area contributed by atoms with Crippen LogP contribution in [0.4, 0.5) is 8.78 Å². The van der Waals surface area contributed by atoms with Gasteiger partial charge in [0, 0.05) is 25.2 Å². The molecule has 3 aromatic carbocycles. The van der Waals surface area contributed by atoms with Crippen LogP contribution < -0.4 is 4.74 Å². The van der Waals surface area contributed by atoms with Crippen molar-refractivity contribution >= 4 is 0 Å². The van der Waals surface area contributed by atoms with Gasteiger partial charge >= 0.3 is 0 Å². The Balaban J connectivity index is 1.56. The van der Waals surface area contributed by atoms with E-state index in [0.717, 1.165) is 28.9 Å². The van der Waals surface area contributed by atoms with Crippen molar-refractivity contribution in [2.45, 2.75) is 46.1 Å². The second-order valence-electron chi connectivity index (χ2n) is 9.47. The van der Waals surface area contributed by atoms with E-state index in [1.165, 1.54) is 6.07 Å². The van der Waals surface area contributed by atoms with Crippen LogP contribution in [-0.2, 0) is 17.9 Å². The van der Waals surface area contributed by atoms with Crippen molar-refractivity contribution < 1.29 is 23.4 Å². The Bertz CT molecular complexity index is 1310. The van der Waals surface area contributed by atoms with Crippen LogP contribution in [0.3, 0.4) is 0 Å². The largest absolute Gasteiger partial charge is 0.435 e. The molecule has 0 radical (unpaired) electrons. The van der Waals surface area contributed by atoms with Gasteiger partial charge in [-0.3, -0.25) is 4.90 Å². The fourth-order valence-corrected chi connectivity index (χ4v) is 4.10. The minimum Gasteiger partial charge on any atom is -0.435 e. The lowest BCUT2D eigenvalue weighted by atomic mass is 10.2. The van der Waals surface area contributed by atoms with Crippen LogP contribution in [0.5, 0.6) is 11.6 Å². The Hall–Kier alpha value is -3.59. The maximum Gasteiger partial charge on any atom is 0.227 e. The first-order chi connectivity index (χ1) is 18.3. The number of para-hydroxylation sites is 1. The number of aromatic nitrogens is 2. The van der Waals surface area contributed by atoms with Gasteiger partial charge in [-0.1, -0.05) is 48.5 Å². The first-order valence-electron chi connectivity index (χ1n) is 12.6. The van der Waals surface area contributed by atoms with E-state index in [-0.39, 0.29) is 18.4 Å². The molecule has 200 valence electrons. The highest BCUT2D eigenvalue weighted by Gasteiger charge is 2.24. The van der Waals surface area contributed by atoms with Crippen molar-refractivity contribution in [3.63, 3.8) is 0 Å². The summed E-state index contributed by atoms with van der Waals surface area (Å²) in [5.74, 6) is -1.26. The molecule has 0 aliphatic carbocycles. The normalized spacial score (nSPS) is 12.3. The van der Waals surface area contributed by atoms with E-state index < -0.39 is 17.7 Å². The summed E-state index contributed by atoms with van der Waals surface area (Å²) in [5, 5.41) is 15.4. The number of aryl methyl sites for hydroxylation is 1. The average molecular weight is 522 g/mol. The molecule has 4 aromatic rings. The van der Waals surface area contributed by atoms with E-state index in [4.69, 9.17) is 9.47 Å². The summed E-state index contributed by atoms with van der Waals surface area (Å²) in [4.78, 5) is 2.09. The highest BCUT2D eigenvalue weighted by molar-refractivity contribution is 5.43. The van der Waals surface area contributed by atoms with Crippen LogP contribution in [0.1, 0.15) is 30.7 Å². The quantitative estimate of drug-likeness (QED) is 0.246. The van der Waals surface area contributed by atoms with Gasteiger partial charge in [0.25, 0.3) is 0 Å². The predicted octanol–water partition coefficient (Wildman–Crippen LogP) is 6.04. The zero-order chi connectivity index (χ0) is 27.1. The number of hydrogen-bond acceptors (Lipinski definition) is 5. The van der Waals surface area contributed by atoms with Crippen LogP contribution in [-0.4, -0.2) is 45.1 Å². The minimum atomic E-state index is -0.805. The molecule has 0 amide bonds. The van der Waals surface area contributed by atoms with Crippen molar-refractivity contribution in [1.82, 2.24) is 14.7 Å². The number of benzene rings is 3. The van der Waals surface area contributed by atoms with Crippen molar-refractivity contribution in [2.24, 2.45) is 0 Å². The van der Waals surface area contributed by atoms with Gasteiger partial charge in [0.15, 0.2) is 11.6 Å². The second-order valence-corrected chi connectivity index (χ2v) is 9.47.